The lowest BCUT2D eigenvalue weighted by molar-refractivity contribution is -0.195. The topological polar surface area (TPSA) is 9.23 Å². The molecular weight excluding hydrogens is 136 g/mol. The van der Waals surface area contributed by atoms with Gasteiger partial charge in [-0.25, -0.2) is 0 Å². The molecule has 0 spiro atoms. The quantitative estimate of drug-likeness (QED) is 0.521. The van der Waals surface area contributed by atoms with E-state index in [2.05, 4.69) is 20.8 Å². The van der Waals surface area contributed by atoms with Gasteiger partial charge in [0, 0.05) is 6.61 Å². The molecule has 0 unspecified atom stereocenters. The molecule has 11 heavy (non-hydrogen) atoms. The molecule has 64 valence electrons. The lowest BCUT2D eigenvalue weighted by Crippen LogP contribution is -2.55. The Bertz CT molecular complexity index is 162. The van der Waals surface area contributed by atoms with Crippen molar-refractivity contribution in [2.45, 2.75) is 45.6 Å². The predicted molar refractivity (Wildman–Crippen MR) is 45.5 cm³/mol. The fourth-order valence-electron chi connectivity index (χ4n) is 2.92. The van der Waals surface area contributed by atoms with Gasteiger partial charge in [-0.15, -0.1) is 0 Å². The number of hydrogen-bond acceptors (Lipinski definition) is 1. The van der Waals surface area contributed by atoms with Gasteiger partial charge in [0.25, 0.3) is 0 Å². The third-order valence-electron chi connectivity index (χ3n) is 3.83. The number of fused-ring (bicyclic) bond motifs is 1. The summed E-state index contributed by atoms with van der Waals surface area (Å²) in [6.45, 7) is 7.88. The first-order valence-corrected chi connectivity index (χ1v) is 4.69. The minimum Gasteiger partial charge on any atom is -0.375 e. The van der Waals surface area contributed by atoms with E-state index in [1.54, 1.807) is 0 Å². The highest BCUT2D eigenvalue weighted by Crippen LogP contribution is 2.57. The molecule has 1 heterocycles. The molecule has 1 aliphatic heterocycles. The van der Waals surface area contributed by atoms with Crippen LogP contribution in [0.3, 0.4) is 0 Å². The van der Waals surface area contributed by atoms with Crippen molar-refractivity contribution in [2.75, 3.05) is 6.61 Å². The van der Waals surface area contributed by atoms with Gasteiger partial charge in [-0.3, -0.25) is 0 Å². The molecule has 2 atom stereocenters. The van der Waals surface area contributed by atoms with Crippen molar-refractivity contribution in [1.29, 1.82) is 0 Å². The molecule has 1 aliphatic carbocycles. The zero-order valence-corrected chi connectivity index (χ0v) is 7.81. The molecule has 0 radical (unpaired) electrons. The van der Waals surface area contributed by atoms with Gasteiger partial charge in [0.05, 0.1) is 5.60 Å². The highest BCUT2D eigenvalue weighted by atomic mass is 16.5. The average molecular weight is 154 g/mol. The van der Waals surface area contributed by atoms with Crippen LogP contribution in [0.25, 0.3) is 0 Å². The first kappa shape index (κ1) is 7.60. The predicted octanol–water partition coefficient (Wildman–Crippen LogP) is 2.60. The maximum absolute atomic E-state index is 5.76. The van der Waals surface area contributed by atoms with Crippen LogP contribution in [0.5, 0.6) is 0 Å². The second-order valence-electron chi connectivity index (χ2n) is 4.95. The summed E-state index contributed by atoms with van der Waals surface area (Å²) in [5.41, 5.74) is 0.785. The minimum atomic E-state index is 0.158. The number of rotatable bonds is 0. The van der Waals surface area contributed by atoms with Crippen molar-refractivity contribution >= 4 is 0 Å². The molecule has 0 aromatic carbocycles. The summed E-state index contributed by atoms with van der Waals surface area (Å²) in [4.78, 5) is 0. The molecule has 1 nitrogen and oxygen atoms in total. The largest absolute Gasteiger partial charge is 0.375 e. The lowest BCUT2D eigenvalue weighted by atomic mass is 9.53. The second kappa shape index (κ2) is 2.01. The molecule has 0 aromatic rings. The molecule has 2 aliphatic rings. The first-order valence-electron chi connectivity index (χ1n) is 4.69. The van der Waals surface area contributed by atoms with Crippen LogP contribution in [-0.2, 0) is 4.74 Å². The van der Waals surface area contributed by atoms with Crippen molar-refractivity contribution in [3.8, 4) is 0 Å². The van der Waals surface area contributed by atoms with Crippen LogP contribution < -0.4 is 0 Å². The summed E-state index contributed by atoms with van der Waals surface area (Å²) in [5.74, 6) is 0.823. The molecule has 0 N–H and O–H groups in total. The molecule has 1 saturated heterocycles. The zero-order chi connectivity index (χ0) is 8.11. The molecule has 1 saturated carbocycles. The van der Waals surface area contributed by atoms with Crippen molar-refractivity contribution < 1.29 is 4.74 Å². The maximum Gasteiger partial charge on any atom is 0.0659 e. The number of ether oxygens (including phenoxy) is 1. The van der Waals surface area contributed by atoms with E-state index in [4.69, 9.17) is 4.74 Å². The third-order valence-corrected chi connectivity index (χ3v) is 3.83. The van der Waals surface area contributed by atoms with Crippen LogP contribution in [0.4, 0.5) is 0 Å². The van der Waals surface area contributed by atoms with E-state index >= 15 is 0 Å². The lowest BCUT2D eigenvalue weighted by Gasteiger charge is -2.58. The molecule has 1 heteroatoms. The Morgan fingerprint density at radius 3 is 2.27 bits per heavy atom. The van der Waals surface area contributed by atoms with E-state index in [1.165, 1.54) is 19.3 Å². The van der Waals surface area contributed by atoms with Crippen LogP contribution in [0.2, 0.25) is 0 Å². The summed E-state index contributed by atoms with van der Waals surface area (Å²) < 4.78 is 5.76. The standard InChI is InChI=1S/C10H18O/c1-9(2)8-4-5-10(8,3)6-7-11-9/h8H,4-7H2,1-3H3/t8-,10+/m1/s1. The Kier molecular flexibility index (Phi) is 1.39. The van der Waals surface area contributed by atoms with Crippen molar-refractivity contribution in [3.63, 3.8) is 0 Å². The fourth-order valence-corrected chi connectivity index (χ4v) is 2.92. The Morgan fingerprint density at radius 1 is 1.18 bits per heavy atom. The Balaban J connectivity index is 2.18. The highest BCUT2D eigenvalue weighted by molar-refractivity contribution is 5.02. The monoisotopic (exact) mass is 154 g/mol. The average Bonchev–Trinajstić information content (AvgIpc) is 1.81. The van der Waals surface area contributed by atoms with Crippen molar-refractivity contribution in [3.05, 3.63) is 0 Å². The van der Waals surface area contributed by atoms with Gasteiger partial charge in [-0.1, -0.05) is 6.92 Å². The third kappa shape index (κ3) is 0.936. The van der Waals surface area contributed by atoms with Gasteiger partial charge in [0.2, 0.25) is 0 Å². The van der Waals surface area contributed by atoms with Crippen molar-refractivity contribution in [2.24, 2.45) is 11.3 Å². The summed E-state index contributed by atoms with van der Waals surface area (Å²) in [6.07, 6.45) is 4.08. The van der Waals surface area contributed by atoms with Gasteiger partial charge in [0.15, 0.2) is 0 Å². The highest BCUT2D eigenvalue weighted by Gasteiger charge is 2.53. The molecule has 2 fully saturated rings. The van der Waals surface area contributed by atoms with Crippen LogP contribution >= 0.6 is 0 Å². The summed E-state index contributed by atoms with van der Waals surface area (Å²) >= 11 is 0. The molecule has 0 aromatic heterocycles. The van der Waals surface area contributed by atoms with Crippen LogP contribution in [0.15, 0.2) is 0 Å². The zero-order valence-electron chi connectivity index (χ0n) is 7.81. The summed E-state index contributed by atoms with van der Waals surface area (Å²) in [5, 5.41) is 0. The normalized spacial score (nSPS) is 47.7. The Morgan fingerprint density at radius 2 is 1.91 bits per heavy atom. The van der Waals surface area contributed by atoms with E-state index in [-0.39, 0.29) is 5.60 Å². The Hall–Kier alpha value is -0.0400. The SMILES string of the molecule is CC1(C)OCC[C@]2(C)CC[C@H]12. The van der Waals surface area contributed by atoms with E-state index < -0.39 is 0 Å². The van der Waals surface area contributed by atoms with Crippen LogP contribution in [0, 0.1) is 11.3 Å². The molecule has 0 amide bonds. The molecular formula is C10H18O. The van der Waals surface area contributed by atoms with E-state index in [9.17, 15) is 0 Å². The van der Waals surface area contributed by atoms with E-state index in [0.717, 1.165) is 12.5 Å². The van der Waals surface area contributed by atoms with Crippen molar-refractivity contribution in [1.82, 2.24) is 0 Å². The summed E-state index contributed by atoms with van der Waals surface area (Å²) in [7, 11) is 0. The minimum absolute atomic E-state index is 0.158. The van der Waals surface area contributed by atoms with Crippen LogP contribution in [-0.4, -0.2) is 12.2 Å². The van der Waals surface area contributed by atoms with E-state index in [1.807, 2.05) is 0 Å². The molecule has 0 bridgehead atoms. The second-order valence-corrected chi connectivity index (χ2v) is 4.95. The fraction of sp³-hybridized carbons (Fsp3) is 1.00. The Labute approximate surface area is 69.1 Å². The first-order chi connectivity index (χ1) is 5.05. The number of hydrogen-bond donors (Lipinski definition) is 0. The van der Waals surface area contributed by atoms with Gasteiger partial charge in [0.1, 0.15) is 0 Å². The van der Waals surface area contributed by atoms with Gasteiger partial charge >= 0.3 is 0 Å². The van der Waals surface area contributed by atoms with Gasteiger partial charge < -0.3 is 4.74 Å². The smallest absolute Gasteiger partial charge is 0.0659 e. The van der Waals surface area contributed by atoms with Gasteiger partial charge in [-0.2, -0.15) is 0 Å². The van der Waals surface area contributed by atoms with E-state index in [0.29, 0.717) is 5.41 Å². The van der Waals surface area contributed by atoms with Gasteiger partial charge in [-0.05, 0) is 44.4 Å². The molecule has 2 rings (SSSR count). The van der Waals surface area contributed by atoms with Crippen LogP contribution in [0.1, 0.15) is 40.0 Å². The summed E-state index contributed by atoms with van der Waals surface area (Å²) in [6, 6.07) is 0. The maximum atomic E-state index is 5.76.